The lowest BCUT2D eigenvalue weighted by Crippen LogP contribution is -2.41. The fourth-order valence-electron chi connectivity index (χ4n) is 3.67. The standard InChI is InChI=1S/C19H23F3N6O2/c1-29-16-10-14(2-5-23-16)27-6-3-13(4-7-27)25-18-24-11-15-17(26-18)28(8-9-30-15)12-19(20,21)22/h2,5,10-11,13H,3-4,6-9,12H2,1H3,(H,24,25,26). The zero-order chi connectivity index (χ0) is 21.1. The number of piperidine rings is 1. The predicted molar refractivity (Wildman–Crippen MR) is 105 cm³/mol. The van der Waals surface area contributed by atoms with Crippen LogP contribution >= 0.6 is 0 Å². The molecule has 2 aromatic rings. The topological polar surface area (TPSA) is 75.6 Å². The molecular formula is C19H23F3N6O2. The lowest BCUT2D eigenvalue weighted by Gasteiger charge is -2.34. The van der Waals surface area contributed by atoms with Gasteiger partial charge in [-0.3, -0.25) is 0 Å². The minimum Gasteiger partial charge on any atom is -0.486 e. The normalized spacial score (nSPS) is 17.3. The fraction of sp³-hybridized carbons (Fsp3) is 0.526. The number of fused-ring (bicyclic) bond motifs is 1. The molecule has 0 spiro atoms. The molecule has 4 heterocycles. The minimum absolute atomic E-state index is 0.128. The van der Waals surface area contributed by atoms with Crippen LogP contribution in [0.5, 0.6) is 11.6 Å². The van der Waals surface area contributed by atoms with Crippen LogP contribution in [0.4, 0.5) is 30.6 Å². The summed E-state index contributed by atoms with van der Waals surface area (Å²) in [6.07, 6.45) is 0.525. The second-order valence-corrected chi connectivity index (χ2v) is 7.23. The number of halogens is 3. The zero-order valence-corrected chi connectivity index (χ0v) is 16.5. The van der Waals surface area contributed by atoms with Gasteiger partial charge in [-0.15, -0.1) is 0 Å². The van der Waals surface area contributed by atoms with Crippen molar-refractivity contribution in [3.05, 3.63) is 24.5 Å². The molecule has 0 atom stereocenters. The Morgan fingerprint density at radius 3 is 2.77 bits per heavy atom. The SMILES string of the molecule is COc1cc(N2CCC(Nc3ncc4c(n3)N(CC(F)(F)F)CCO4)CC2)ccn1. The van der Waals surface area contributed by atoms with Crippen LogP contribution in [0.15, 0.2) is 24.5 Å². The lowest BCUT2D eigenvalue weighted by molar-refractivity contribution is -0.120. The van der Waals surface area contributed by atoms with Crippen LogP contribution in [-0.2, 0) is 0 Å². The second kappa shape index (κ2) is 8.41. The van der Waals surface area contributed by atoms with Gasteiger partial charge in [0, 0.05) is 37.1 Å². The highest BCUT2D eigenvalue weighted by Gasteiger charge is 2.34. The number of alkyl halides is 3. The van der Waals surface area contributed by atoms with E-state index in [0.29, 0.717) is 11.8 Å². The Hall–Kier alpha value is -2.98. The van der Waals surface area contributed by atoms with Crippen LogP contribution < -0.4 is 24.6 Å². The molecule has 2 aliphatic heterocycles. The van der Waals surface area contributed by atoms with E-state index in [1.165, 1.54) is 11.1 Å². The average molecular weight is 424 g/mol. The van der Waals surface area contributed by atoms with E-state index in [0.717, 1.165) is 31.6 Å². The molecule has 162 valence electrons. The van der Waals surface area contributed by atoms with Gasteiger partial charge in [-0.05, 0) is 18.9 Å². The number of nitrogens with one attached hydrogen (secondary N) is 1. The van der Waals surface area contributed by atoms with Crippen LogP contribution in [-0.4, -0.2) is 67.1 Å². The number of hydrogen-bond acceptors (Lipinski definition) is 8. The largest absolute Gasteiger partial charge is 0.486 e. The number of hydrogen-bond donors (Lipinski definition) is 1. The van der Waals surface area contributed by atoms with Crippen LogP contribution in [0, 0.1) is 0 Å². The number of anilines is 3. The molecule has 1 fully saturated rings. The summed E-state index contributed by atoms with van der Waals surface area (Å²) in [5.74, 6) is 1.34. The molecule has 0 saturated carbocycles. The summed E-state index contributed by atoms with van der Waals surface area (Å²) in [6.45, 7) is 0.889. The number of aromatic nitrogens is 3. The lowest BCUT2D eigenvalue weighted by atomic mass is 10.0. The molecule has 2 aromatic heterocycles. The highest BCUT2D eigenvalue weighted by Crippen LogP contribution is 2.32. The summed E-state index contributed by atoms with van der Waals surface area (Å²) in [6, 6.07) is 3.97. The highest BCUT2D eigenvalue weighted by molar-refractivity contribution is 5.56. The van der Waals surface area contributed by atoms with Crippen LogP contribution in [0.3, 0.4) is 0 Å². The third-order valence-electron chi connectivity index (χ3n) is 5.15. The quantitative estimate of drug-likeness (QED) is 0.786. The maximum atomic E-state index is 12.9. The van der Waals surface area contributed by atoms with Crippen LogP contribution in [0.1, 0.15) is 12.8 Å². The maximum Gasteiger partial charge on any atom is 0.405 e. The summed E-state index contributed by atoms with van der Waals surface area (Å²) in [5, 5.41) is 3.26. The Labute approximate surface area is 172 Å². The van der Waals surface area contributed by atoms with Crippen molar-refractivity contribution >= 4 is 17.5 Å². The summed E-state index contributed by atoms with van der Waals surface area (Å²) >= 11 is 0. The molecule has 11 heteroatoms. The van der Waals surface area contributed by atoms with Crippen molar-refractivity contribution < 1.29 is 22.6 Å². The molecule has 30 heavy (non-hydrogen) atoms. The van der Waals surface area contributed by atoms with Crippen LogP contribution in [0.2, 0.25) is 0 Å². The number of ether oxygens (including phenoxy) is 2. The van der Waals surface area contributed by atoms with Crippen molar-refractivity contribution in [2.24, 2.45) is 0 Å². The summed E-state index contributed by atoms with van der Waals surface area (Å²) < 4.78 is 49.2. The molecule has 0 aromatic carbocycles. The molecule has 0 aliphatic carbocycles. The molecule has 8 nitrogen and oxygen atoms in total. The van der Waals surface area contributed by atoms with Gasteiger partial charge in [0.1, 0.15) is 13.2 Å². The molecule has 1 N–H and O–H groups in total. The first-order valence-electron chi connectivity index (χ1n) is 9.74. The Kier molecular flexibility index (Phi) is 5.69. The third kappa shape index (κ3) is 4.77. The van der Waals surface area contributed by atoms with Gasteiger partial charge in [0.2, 0.25) is 11.8 Å². The van der Waals surface area contributed by atoms with Gasteiger partial charge in [0.15, 0.2) is 11.6 Å². The molecule has 0 bridgehead atoms. The Balaban J connectivity index is 1.39. The van der Waals surface area contributed by atoms with Gasteiger partial charge >= 0.3 is 6.18 Å². The van der Waals surface area contributed by atoms with Gasteiger partial charge in [0.25, 0.3) is 0 Å². The van der Waals surface area contributed by atoms with E-state index in [9.17, 15) is 13.2 Å². The van der Waals surface area contributed by atoms with E-state index in [-0.39, 0.29) is 30.8 Å². The Bertz CT molecular complexity index is 874. The average Bonchev–Trinajstić information content (AvgIpc) is 2.74. The predicted octanol–water partition coefficient (Wildman–Crippen LogP) is 2.72. The smallest absolute Gasteiger partial charge is 0.405 e. The monoisotopic (exact) mass is 424 g/mol. The third-order valence-corrected chi connectivity index (χ3v) is 5.15. The van der Waals surface area contributed by atoms with Crippen molar-refractivity contribution in [3.8, 4) is 11.6 Å². The van der Waals surface area contributed by atoms with Crippen molar-refractivity contribution in [2.75, 3.05) is 55.0 Å². The first kappa shape index (κ1) is 20.3. The van der Waals surface area contributed by atoms with E-state index in [1.54, 1.807) is 13.3 Å². The van der Waals surface area contributed by atoms with Crippen molar-refractivity contribution in [3.63, 3.8) is 0 Å². The Morgan fingerprint density at radius 1 is 1.23 bits per heavy atom. The van der Waals surface area contributed by atoms with E-state index >= 15 is 0 Å². The fourth-order valence-corrected chi connectivity index (χ4v) is 3.67. The minimum atomic E-state index is -4.31. The number of methoxy groups -OCH3 is 1. The molecule has 1 saturated heterocycles. The van der Waals surface area contributed by atoms with Crippen molar-refractivity contribution in [2.45, 2.75) is 25.1 Å². The molecule has 4 rings (SSSR count). The van der Waals surface area contributed by atoms with E-state index in [4.69, 9.17) is 9.47 Å². The second-order valence-electron chi connectivity index (χ2n) is 7.23. The van der Waals surface area contributed by atoms with Gasteiger partial charge in [-0.1, -0.05) is 0 Å². The maximum absolute atomic E-state index is 12.9. The number of pyridine rings is 1. The van der Waals surface area contributed by atoms with Gasteiger partial charge in [0.05, 0.1) is 19.9 Å². The first-order chi connectivity index (χ1) is 14.4. The number of nitrogens with zero attached hydrogens (tertiary/aromatic N) is 5. The zero-order valence-electron chi connectivity index (χ0n) is 16.5. The van der Waals surface area contributed by atoms with Gasteiger partial charge in [-0.2, -0.15) is 18.2 Å². The van der Waals surface area contributed by atoms with E-state index in [2.05, 4.69) is 25.2 Å². The summed E-state index contributed by atoms with van der Waals surface area (Å²) in [7, 11) is 1.59. The Morgan fingerprint density at radius 2 is 2.03 bits per heavy atom. The summed E-state index contributed by atoms with van der Waals surface area (Å²) in [5.41, 5.74) is 1.05. The van der Waals surface area contributed by atoms with Crippen LogP contribution in [0.25, 0.3) is 0 Å². The molecular weight excluding hydrogens is 401 g/mol. The molecule has 0 unspecified atom stereocenters. The molecule has 2 aliphatic rings. The van der Waals surface area contributed by atoms with Crippen molar-refractivity contribution in [1.29, 1.82) is 0 Å². The van der Waals surface area contributed by atoms with Gasteiger partial charge < -0.3 is 24.6 Å². The van der Waals surface area contributed by atoms with Crippen molar-refractivity contribution in [1.82, 2.24) is 15.0 Å². The molecule has 0 amide bonds. The molecule has 0 radical (unpaired) electrons. The number of rotatable bonds is 5. The first-order valence-corrected chi connectivity index (χ1v) is 9.74. The van der Waals surface area contributed by atoms with E-state index in [1.807, 2.05) is 12.1 Å². The highest BCUT2D eigenvalue weighted by atomic mass is 19.4. The van der Waals surface area contributed by atoms with E-state index < -0.39 is 12.7 Å². The summed E-state index contributed by atoms with van der Waals surface area (Å²) in [4.78, 5) is 16.1. The van der Waals surface area contributed by atoms with Gasteiger partial charge in [-0.25, -0.2) is 9.97 Å².